The molecule has 1 aromatic rings. The van der Waals surface area contributed by atoms with Crippen LogP contribution in [0, 0.1) is 5.92 Å². The summed E-state index contributed by atoms with van der Waals surface area (Å²) in [7, 11) is 0. The monoisotopic (exact) mass is 280 g/mol. The third kappa shape index (κ3) is 4.43. The number of rotatable bonds is 4. The van der Waals surface area contributed by atoms with Gasteiger partial charge in [-0.15, -0.1) is 0 Å². The zero-order chi connectivity index (χ0) is 13.7. The first kappa shape index (κ1) is 14.2. The minimum atomic E-state index is -0.0926. The summed E-state index contributed by atoms with van der Waals surface area (Å²) in [6, 6.07) is 4.94. The van der Waals surface area contributed by atoms with Crippen LogP contribution < -0.4 is 11.1 Å². The van der Waals surface area contributed by atoms with Crippen LogP contribution in [0.4, 0.5) is 5.69 Å². The molecule has 1 saturated carbocycles. The zero-order valence-corrected chi connectivity index (χ0v) is 11.9. The van der Waals surface area contributed by atoms with Crippen molar-refractivity contribution >= 4 is 23.2 Å². The van der Waals surface area contributed by atoms with E-state index in [0.29, 0.717) is 16.3 Å². The van der Waals surface area contributed by atoms with Crippen LogP contribution in [0.5, 0.6) is 0 Å². The van der Waals surface area contributed by atoms with Gasteiger partial charge in [0.2, 0.25) is 0 Å². The van der Waals surface area contributed by atoms with E-state index in [2.05, 4.69) is 5.32 Å². The molecule has 0 radical (unpaired) electrons. The van der Waals surface area contributed by atoms with Gasteiger partial charge in [-0.1, -0.05) is 43.7 Å². The van der Waals surface area contributed by atoms with Crippen molar-refractivity contribution in [3.05, 3.63) is 28.8 Å². The quantitative estimate of drug-likeness (QED) is 0.828. The summed E-state index contributed by atoms with van der Waals surface area (Å²) >= 11 is 5.89. The van der Waals surface area contributed by atoms with Crippen molar-refractivity contribution < 1.29 is 4.79 Å². The SMILES string of the molecule is Nc1cc(Cl)cc(C(=O)NCCC2CCCCC2)c1. The highest BCUT2D eigenvalue weighted by molar-refractivity contribution is 6.31. The summed E-state index contributed by atoms with van der Waals surface area (Å²) in [5.41, 5.74) is 6.73. The van der Waals surface area contributed by atoms with Gasteiger partial charge in [0.05, 0.1) is 0 Å². The Morgan fingerprint density at radius 1 is 1.26 bits per heavy atom. The molecule has 1 fully saturated rings. The lowest BCUT2D eigenvalue weighted by Crippen LogP contribution is -2.26. The van der Waals surface area contributed by atoms with Crippen molar-refractivity contribution in [3.8, 4) is 0 Å². The lowest BCUT2D eigenvalue weighted by atomic mass is 9.87. The largest absolute Gasteiger partial charge is 0.399 e. The number of amides is 1. The lowest BCUT2D eigenvalue weighted by molar-refractivity contribution is 0.0950. The highest BCUT2D eigenvalue weighted by Gasteiger charge is 2.14. The Bertz CT molecular complexity index is 422. The van der Waals surface area contributed by atoms with Gasteiger partial charge >= 0.3 is 0 Å². The van der Waals surface area contributed by atoms with Gasteiger partial charge in [-0.2, -0.15) is 0 Å². The first-order valence-corrected chi connectivity index (χ1v) is 7.37. The summed E-state index contributed by atoms with van der Waals surface area (Å²) in [5, 5.41) is 3.45. The van der Waals surface area contributed by atoms with Gasteiger partial charge in [0, 0.05) is 22.8 Å². The van der Waals surface area contributed by atoms with Gasteiger partial charge < -0.3 is 11.1 Å². The van der Waals surface area contributed by atoms with E-state index in [4.69, 9.17) is 17.3 Å². The molecule has 0 atom stereocenters. The van der Waals surface area contributed by atoms with Crippen LogP contribution in [0.2, 0.25) is 5.02 Å². The van der Waals surface area contributed by atoms with Crippen LogP contribution in [0.25, 0.3) is 0 Å². The molecule has 19 heavy (non-hydrogen) atoms. The third-order valence-electron chi connectivity index (χ3n) is 3.75. The Balaban J connectivity index is 1.80. The zero-order valence-electron chi connectivity index (χ0n) is 11.1. The molecular weight excluding hydrogens is 260 g/mol. The number of halogens is 1. The molecule has 1 aromatic carbocycles. The molecule has 0 aliphatic heterocycles. The molecule has 0 spiro atoms. The Labute approximate surface area is 119 Å². The Kier molecular flexibility index (Phi) is 5.08. The van der Waals surface area contributed by atoms with Gasteiger partial charge in [-0.3, -0.25) is 4.79 Å². The van der Waals surface area contributed by atoms with Crippen molar-refractivity contribution in [2.45, 2.75) is 38.5 Å². The molecule has 0 heterocycles. The molecule has 1 amide bonds. The normalized spacial score (nSPS) is 16.3. The molecular formula is C15H21ClN2O. The Morgan fingerprint density at radius 3 is 2.68 bits per heavy atom. The minimum absolute atomic E-state index is 0.0926. The van der Waals surface area contributed by atoms with Crippen LogP contribution in [-0.4, -0.2) is 12.5 Å². The number of hydrogen-bond donors (Lipinski definition) is 2. The molecule has 0 aromatic heterocycles. The van der Waals surface area contributed by atoms with Gasteiger partial charge in [0.1, 0.15) is 0 Å². The van der Waals surface area contributed by atoms with Gasteiger partial charge in [0.25, 0.3) is 5.91 Å². The minimum Gasteiger partial charge on any atom is -0.399 e. The number of carbonyl (C=O) groups excluding carboxylic acids is 1. The molecule has 3 nitrogen and oxygen atoms in total. The third-order valence-corrected chi connectivity index (χ3v) is 3.96. The topological polar surface area (TPSA) is 55.1 Å². The molecule has 1 aliphatic rings. The molecule has 0 saturated heterocycles. The number of carbonyl (C=O) groups is 1. The molecule has 4 heteroatoms. The van der Waals surface area contributed by atoms with Gasteiger partial charge in [-0.05, 0) is 30.5 Å². The molecule has 104 valence electrons. The number of anilines is 1. The lowest BCUT2D eigenvalue weighted by Gasteiger charge is -2.21. The summed E-state index contributed by atoms with van der Waals surface area (Å²) < 4.78 is 0. The van der Waals surface area contributed by atoms with E-state index in [9.17, 15) is 4.79 Å². The highest BCUT2D eigenvalue weighted by atomic mass is 35.5. The summed E-state index contributed by atoms with van der Waals surface area (Å²) in [5.74, 6) is 0.684. The van der Waals surface area contributed by atoms with Crippen LogP contribution in [0.15, 0.2) is 18.2 Å². The van der Waals surface area contributed by atoms with E-state index in [-0.39, 0.29) is 5.91 Å². The van der Waals surface area contributed by atoms with Gasteiger partial charge in [0.15, 0.2) is 0 Å². The van der Waals surface area contributed by atoms with E-state index >= 15 is 0 Å². The molecule has 0 unspecified atom stereocenters. The average molecular weight is 281 g/mol. The van der Waals surface area contributed by atoms with Crippen molar-refractivity contribution in [1.82, 2.24) is 5.32 Å². The van der Waals surface area contributed by atoms with E-state index in [0.717, 1.165) is 18.9 Å². The van der Waals surface area contributed by atoms with Crippen molar-refractivity contribution in [2.24, 2.45) is 5.92 Å². The van der Waals surface area contributed by atoms with Crippen LogP contribution >= 0.6 is 11.6 Å². The van der Waals surface area contributed by atoms with Crippen LogP contribution in [0.3, 0.4) is 0 Å². The maximum atomic E-state index is 12.0. The van der Waals surface area contributed by atoms with E-state index in [1.807, 2.05) is 0 Å². The summed E-state index contributed by atoms with van der Waals surface area (Å²) in [4.78, 5) is 12.0. The van der Waals surface area contributed by atoms with Crippen LogP contribution in [0.1, 0.15) is 48.9 Å². The second kappa shape index (κ2) is 6.80. The number of hydrogen-bond acceptors (Lipinski definition) is 2. The van der Waals surface area contributed by atoms with Gasteiger partial charge in [-0.25, -0.2) is 0 Å². The standard InChI is InChI=1S/C15H21ClN2O/c16-13-8-12(9-14(17)10-13)15(19)18-7-6-11-4-2-1-3-5-11/h8-11H,1-7,17H2,(H,18,19). The second-order valence-corrected chi connectivity index (χ2v) is 5.76. The first-order chi connectivity index (χ1) is 9.15. The summed E-state index contributed by atoms with van der Waals surface area (Å²) in [6.45, 7) is 0.732. The first-order valence-electron chi connectivity index (χ1n) is 6.99. The maximum Gasteiger partial charge on any atom is 0.251 e. The average Bonchev–Trinajstić information content (AvgIpc) is 2.38. The number of nitrogen functional groups attached to an aromatic ring is 1. The predicted molar refractivity (Wildman–Crippen MR) is 79.4 cm³/mol. The van der Waals surface area contributed by atoms with E-state index in [1.165, 1.54) is 32.1 Å². The fraction of sp³-hybridized carbons (Fsp3) is 0.533. The summed E-state index contributed by atoms with van der Waals surface area (Å²) in [6.07, 6.45) is 7.72. The maximum absolute atomic E-state index is 12.0. The fourth-order valence-corrected chi connectivity index (χ4v) is 2.95. The highest BCUT2D eigenvalue weighted by Crippen LogP contribution is 2.25. The van der Waals surface area contributed by atoms with E-state index < -0.39 is 0 Å². The Morgan fingerprint density at radius 2 is 2.00 bits per heavy atom. The number of benzene rings is 1. The van der Waals surface area contributed by atoms with E-state index in [1.54, 1.807) is 18.2 Å². The predicted octanol–water partition coefficient (Wildman–Crippen LogP) is 3.62. The number of nitrogens with one attached hydrogen (secondary N) is 1. The molecule has 1 aliphatic carbocycles. The molecule has 0 bridgehead atoms. The number of nitrogens with two attached hydrogens (primary N) is 1. The molecule has 2 rings (SSSR count). The smallest absolute Gasteiger partial charge is 0.251 e. The fourth-order valence-electron chi connectivity index (χ4n) is 2.71. The van der Waals surface area contributed by atoms with Crippen molar-refractivity contribution in [1.29, 1.82) is 0 Å². The van der Waals surface area contributed by atoms with Crippen molar-refractivity contribution in [3.63, 3.8) is 0 Å². The molecule has 3 N–H and O–H groups in total. The Hall–Kier alpha value is -1.22. The van der Waals surface area contributed by atoms with Crippen LogP contribution in [-0.2, 0) is 0 Å². The van der Waals surface area contributed by atoms with Crippen molar-refractivity contribution in [2.75, 3.05) is 12.3 Å². The second-order valence-electron chi connectivity index (χ2n) is 5.32.